The van der Waals surface area contributed by atoms with Gasteiger partial charge in [0.05, 0.1) is 17.7 Å². The van der Waals surface area contributed by atoms with Gasteiger partial charge in [-0.25, -0.2) is 14.5 Å². The summed E-state index contributed by atoms with van der Waals surface area (Å²) in [5, 5.41) is 5.79. The van der Waals surface area contributed by atoms with Crippen molar-refractivity contribution in [1.82, 2.24) is 26.5 Å². The number of ether oxygens (including phenoxy) is 1. The molecule has 0 aliphatic heterocycles. The van der Waals surface area contributed by atoms with Crippen LogP contribution in [-0.2, 0) is 11.3 Å². The van der Waals surface area contributed by atoms with Crippen molar-refractivity contribution in [3.8, 4) is 5.75 Å². The first kappa shape index (κ1) is 27.7. The van der Waals surface area contributed by atoms with E-state index in [2.05, 4.69) is 27.0 Å². The zero-order valence-electron chi connectivity index (χ0n) is 20.6. The van der Waals surface area contributed by atoms with E-state index in [9.17, 15) is 14.4 Å². The van der Waals surface area contributed by atoms with Crippen LogP contribution in [0.5, 0.6) is 5.75 Å². The first-order valence-corrected chi connectivity index (χ1v) is 11.6. The highest BCUT2D eigenvalue weighted by Gasteiger charge is 2.26. The van der Waals surface area contributed by atoms with Gasteiger partial charge in [0.25, 0.3) is 0 Å². The molecule has 0 unspecified atom stereocenters. The number of hydrogen-bond donors (Lipinski definition) is 5. The summed E-state index contributed by atoms with van der Waals surface area (Å²) >= 11 is 5.89. The maximum absolute atomic E-state index is 12.8. The highest BCUT2D eigenvalue weighted by molar-refractivity contribution is 6.30. The molecule has 0 radical (unpaired) electrons. The molecule has 0 aliphatic carbocycles. The van der Waals surface area contributed by atoms with E-state index >= 15 is 0 Å². The second kappa shape index (κ2) is 13.4. The Bertz CT molecular complexity index is 1020. The van der Waals surface area contributed by atoms with E-state index in [1.807, 2.05) is 32.9 Å². The topological polar surface area (TPSA) is 124 Å². The van der Waals surface area contributed by atoms with Gasteiger partial charge in [-0.05, 0) is 62.2 Å². The SMILES string of the molecule is CNC(=O)[C@@H](C)CN(C(=O)NCc1ccc(Cl)cc1)C(=O)NNNc1ccc(OC(C)C)c(C)c1. The largest absolute Gasteiger partial charge is 0.491 e. The van der Waals surface area contributed by atoms with Crippen molar-refractivity contribution < 1.29 is 19.1 Å². The van der Waals surface area contributed by atoms with Gasteiger partial charge in [0.2, 0.25) is 5.91 Å². The van der Waals surface area contributed by atoms with Crippen LogP contribution in [0.3, 0.4) is 0 Å². The molecule has 11 heteroatoms. The minimum absolute atomic E-state index is 0.0546. The number of imide groups is 1. The summed E-state index contributed by atoms with van der Waals surface area (Å²) in [7, 11) is 1.49. The molecule has 2 aromatic rings. The summed E-state index contributed by atoms with van der Waals surface area (Å²) in [6.07, 6.45) is 0.0546. The number of hydrogen-bond acceptors (Lipinski definition) is 6. The van der Waals surface area contributed by atoms with Gasteiger partial charge in [-0.3, -0.25) is 10.2 Å². The molecule has 0 saturated heterocycles. The van der Waals surface area contributed by atoms with Crippen LogP contribution in [0.4, 0.5) is 15.3 Å². The molecule has 0 bridgehead atoms. The number of urea groups is 2. The minimum atomic E-state index is -0.738. The van der Waals surface area contributed by atoms with Crippen molar-refractivity contribution >= 4 is 35.3 Å². The van der Waals surface area contributed by atoms with E-state index in [0.717, 1.165) is 21.8 Å². The molecular formula is C24H33ClN6O4. The van der Waals surface area contributed by atoms with Crippen LogP contribution in [-0.4, -0.2) is 42.6 Å². The Morgan fingerprint density at radius 2 is 1.71 bits per heavy atom. The number of rotatable bonds is 10. The number of halogens is 1. The lowest BCUT2D eigenvalue weighted by atomic mass is 10.1. The Hall–Kier alpha value is -3.50. The summed E-state index contributed by atoms with van der Waals surface area (Å²) in [5.74, 6) is -0.143. The molecule has 1 atom stereocenters. The molecule has 0 saturated carbocycles. The van der Waals surface area contributed by atoms with Gasteiger partial charge >= 0.3 is 12.1 Å². The third-order valence-electron chi connectivity index (χ3n) is 4.91. The van der Waals surface area contributed by atoms with Crippen LogP contribution in [0.2, 0.25) is 5.02 Å². The molecule has 10 nitrogen and oxygen atoms in total. The molecular weight excluding hydrogens is 472 g/mol. The fourth-order valence-electron chi connectivity index (χ4n) is 3.07. The number of amides is 5. The van der Waals surface area contributed by atoms with Crippen LogP contribution >= 0.6 is 11.6 Å². The summed E-state index contributed by atoms with van der Waals surface area (Å²) < 4.78 is 5.72. The first-order chi connectivity index (χ1) is 16.6. The number of carbonyl (C=O) groups excluding carboxylic acids is 3. The lowest BCUT2D eigenvalue weighted by Gasteiger charge is -2.24. The molecule has 190 valence electrons. The van der Waals surface area contributed by atoms with Crippen molar-refractivity contribution in [2.45, 2.75) is 40.3 Å². The molecule has 0 aromatic heterocycles. The number of nitrogens with one attached hydrogen (secondary N) is 5. The fourth-order valence-corrected chi connectivity index (χ4v) is 3.20. The van der Waals surface area contributed by atoms with E-state index in [1.54, 1.807) is 37.3 Å². The van der Waals surface area contributed by atoms with Crippen molar-refractivity contribution in [3.05, 3.63) is 58.6 Å². The Morgan fingerprint density at radius 1 is 1.03 bits per heavy atom. The molecule has 2 rings (SSSR count). The zero-order valence-corrected chi connectivity index (χ0v) is 21.3. The summed E-state index contributed by atoms with van der Waals surface area (Å²) in [5.41, 5.74) is 10.3. The highest BCUT2D eigenvalue weighted by atomic mass is 35.5. The van der Waals surface area contributed by atoms with Gasteiger partial charge in [0.1, 0.15) is 5.75 Å². The van der Waals surface area contributed by atoms with Crippen molar-refractivity contribution in [3.63, 3.8) is 0 Å². The Balaban J connectivity index is 2.00. The lowest BCUT2D eigenvalue weighted by molar-refractivity contribution is -0.124. The third-order valence-corrected chi connectivity index (χ3v) is 5.16. The van der Waals surface area contributed by atoms with Gasteiger partial charge in [-0.2, -0.15) is 0 Å². The average molecular weight is 505 g/mol. The molecule has 0 aliphatic rings. The lowest BCUT2D eigenvalue weighted by Crippen LogP contribution is -2.55. The molecule has 35 heavy (non-hydrogen) atoms. The monoisotopic (exact) mass is 504 g/mol. The smallest absolute Gasteiger partial charge is 0.341 e. The molecule has 0 spiro atoms. The molecule has 2 aromatic carbocycles. The van der Waals surface area contributed by atoms with Crippen LogP contribution in [0.15, 0.2) is 42.5 Å². The summed E-state index contributed by atoms with van der Waals surface area (Å²) in [6.45, 7) is 7.50. The predicted octanol–water partition coefficient (Wildman–Crippen LogP) is 3.57. The number of anilines is 1. The standard InChI is InChI=1S/C24H33ClN6O4/c1-15(2)35-21-11-10-20(12-16(21)3)28-30-29-24(34)31(14-17(4)22(32)26-5)23(33)27-13-18-6-8-19(25)9-7-18/h6-12,15,17,28,30H,13-14H2,1-5H3,(H,26,32)(H,27,33)(H,29,34)/t17-/m0/s1. The molecule has 5 N–H and O–H groups in total. The number of hydrazine groups is 2. The van der Waals surface area contributed by atoms with Crippen LogP contribution in [0, 0.1) is 12.8 Å². The van der Waals surface area contributed by atoms with Crippen LogP contribution in [0.1, 0.15) is 31.9 Å². The number of aryl methyl sites for hydroxylation is 1. The Morgan fingerprint density at radius 3 is 2.31 bits per heavy atom. The van der Waals surface area contributed by atoms with E-state index in [1.165, 1.54) is 7.05 Å². The first-order valence-electron chi connectivity index (χ1n) is 11.2. The van der Waals surface area contributed by atoms with Crippen LogP contribution in [0.25, 0.3) is 0 Å². The maximum atomic E-state index is 12.8. The minimum Gasteiger partial charge on any atom is -0.491 e. The van der Waals surface area contributed by atoms with Gasteiger partial charge in [0.15, 0.2) is 0 Å². The average Bonchev–Trinajstić information content (AvgIpc) is 2.82. The predicted molar refractivity (Wildman–Crippen MR) is 136 cm³/mol. The summed E-state index contributed by atoms with van der Waals surface area (Å²) in [4.78, 5) is 38.5. The van der Waals surface area contributed by atoms with E-state index in [0.29, 0.717) is 10.7 Å². The second-order valence-electron chi connectivity index (χ2n) is 8.24. The van der Waals surface area contributed by atoms with Gasteiger partial charge < -0.3 is 20.8 Å². The quantitative estimate of drug-likeness (QED) is 0.315. The molecule has 0 fully saturated rings. The zero-order chi connectivity index (χ0) is 26.0. The third kappa shape index (κ3) is 8.99. The second-order valence-corrected chi connectivity index (χ2v) is 8.67. The molecule has 5 amide bonds. The molecule has 0 heterocycles. The van der Waals surface area contributed by atoms with Crippen LogP contribution < -0.4 is 31.8 Å². The Labute approximate surface area is 210 Å². The van der Waals surface area contributed by atoms with E-state index in [-0.39, 0.29) is 25.1 Å². The highest BCUT2D eigenvalue weighted by Crippen LogP contribution is 2.22. The Kier molecular flexibility index (Phi) is 10.6. The normalized spacial score (nSPS) is 11.4. The van der Waals surface area contributed by atoms with E-state index < -0.39 is 18.0 Å². The van der Waals surface area contributed by atoms with Gasteiger partial charge in [0, 0.05) is 25.2 Å². The van der Waals surface area contributed by atoms with Gasteiger partial charge in [-0.15, -0.1) is 5.53 Å². The number of carbonyl (C=O) groups is 3. The number of nitrogens with zero attached hydrogens (tertiary/aromatic N) is 1. The van der Waals surface area contributed by atoms with Gasteiger partial charge in [-0.1, -0.05) is 30.7 Å². The number of benzene rings is 2. The maximum Gasteiger partial charge on any atom is 0.341 e. The van der Waals surface area contributed by atoms with Crippen molar-refractivity contribution in [2.75, 3.05) is 19.0 Å². The van der Waals surface area contributed by atoms with Crippen molar-refractivity contribution in [1.29, 1.82) is 0 Å². The van der Waals surface area contributed by atoms with Crippen molar-refractivity contribution in [2.24, 2.45) is 5.92 Å². The summed E-state index contributed by atoms with van der Waals surface area (Å²) in [6, 6.07) is 11.0. The van der Waals surface area contributed by atoms with E-state index in [4.69, 9.17) is 16.3 Å². The fraction of sp³-hybridized carbons (Fsp3) is 0.375.